The van der Waals surface area contributed by atoms with E-state index in [1.165, 1.54) is 0 Å². The summed E-state index contributed by atoms with van der Waals surface area (Å²) in [6, 6.07) is 6.89. The molecule has 0 bridgehead atoms. The zero-order valence-corrected chi connectivity index (χ0v) is 8.14. The number of rotatable bonds is 5. The van der Waals surface area contributed by atoms with Crippen LogP contribution in [-0.2, 0) is 11.4 Å². The van der Waals surface area contributed by atoms with Crippen molar-refractivity contribution >= 4 is 5.97 Å². The first-order chi connectivity index (χ1) is 7.15. The fourth-order valence-corrected chi connectivity index (χ4v) is 1.00. The van der Waals surface area contributed by atoms with Crippen LogP contribution in [0.3, 0.4) is 0 Å². The monoisotopic (exact) mass is 208 g/mol. The maximum Gasteiger partial charge on any atom is 0.334 e. The number of ether oxygens (including phenoxy) is 1. The largest absolute Gasteiger partial charge is 0.488 e. The summed E-state index contributed by atoms with van der Waals surface area (Å²) < 4.78 is 5.21. The minimum absolute atomic E-state index is 0.0252. The van der Waals surface area contributed by atoms with Crippen LogP contribution in [0.15, 0.2) is 36.4 Å². The summed E-state index contributed by atoms with van der Waals surface area (Å²) in [7, 11) is 0. The van der Waals surface area contributed by atoms with Crippen molar-refractivity contribution in [3.05, 3.63) is 42.0 Å². The molecule has 0 spiro atoms. The molecule has 0 aromatic heterocycles. The predicted octanol–water partition coefficient (Wildman–Crippen LogP) is 1.20. The Kier molecular flexibility index (Phi) is 3.88. The van der Waals surface area contributed by atoms with Gasteiger partial charge in [-0.05, 0) is 6.07 Å². The standard InChI is InChI=1S/C11H12O4/c1-8(11(13)14)7-15-10-5-3-2-4-9(10)6-12/h2-5,12H,1,6-7H2,(H,13,14). The highest BCUT2D eigenvalue weighted by Crippen LogP contribution is 2.18. The number of carbonyl (C=O) groups is 1. The Morgan fingerprint density at radius 2 is 2.07 bits per heavy atom. The number of hydrogen-bond donors (Lipinski definition) is 2. The molecule has 0 aliphatic heterocycles. The van der Waals surface area contributed by atoms with E-state index in [2.05, 4.69) is 6.58 Å². The van der Waals surface area contributed by atoms with Crippen molar-refractivity contribution in [3.8, 4) is 5.75 Å². The van der Waals surface area contributed by atoms with E-state index in [0.29, 0.717) is 11.3 Å². The zero-order chi connectivity index (χ0) is 11.3. The second-order valence-electron chi connectivity index (χ2n) is 2.96. The lowest BCUT2D eigenvalue weighted by Gasteiger charge is -2.09. The van der Waals surface area contributed by atoms with E-state index < -0.39 is 5.97 Å². The molecule has 0 heterocycles. The molecule has 1 aromatic carbocycles. The van der Waals surface area contributed by atoms with Crippen molar-refractivity contribution in [2.45, 2.75) is 6.61 Å². The van der Waals surface area contributed by atoms with Gasteiger partial charge in [0.2, 0.25) is 0 Å². The second-order valence-corrected chi connectivity index (χ2v) is 2.96. The van der Waals surface area contributed by atoms with Crippen LogP contribution in [0.2, 0.25) is 0 Å². The lowest BCUT2D eigenvalue weighted by molar-refractivity contribution is -0.133. The molecule has 1 rings (SSSR count). The zero-order valence-electron chi connectivity index (χ0n) is 8.14. The summed E-state index contributed by atoms with van der Waals surface area (Å²) in [6.07, 6.45) is 0. The van der Waals surface area contributed by atoms with E-state index >= 15 is 0 Å². The molecule has 0 fully saturated rings. The van der Waals surface area contributed by atoms with Crippen molar-refractivity contribution in [3.63, 3.8) is 0 Å². The van der Waals surface area contributed by atoms with Crippen LogP contribution in [0.25, 0.3) is 0 Å². The van der Waals surface area contributed by atoms with Crippen LogP contribution in [0.4, 0.5) is 0 Å². The van der Waals surface area contributed by atoms with Crippen LogP contribution >= 0.6 is 0 Å². The van der Waals surface area contributed by atoms with Crippen LogP contribution in [0.5, 0.6) is 5.75 Å². The molecular formula is C11H12O4. The van der Waals surface area contributed by atoms with Crippen LogP contribution < -0.4 is 4.74 Å². The SMILES string of the molecule is C=C(COc1ccccc1CO)C(=O)O. The molecule has 2 N–H and O–H groups in total. The van der Waals surface area contributed by atoms with Gasteiger partial charge in [-0.3, -0.25) is 0 Å². The predicted molar refractivity (Wildman–Crippen MR) is 54.6 cm³/mol. The first-order valence-electron chi connectivity index (χ1n) is 4.37. The molecule has 80 valence electrons. The Morgan fingerprint density at radius 1 is 1.40 bits per heavy atom. The van der Waals surface area contributed by atoms with Gasteiger partial charge in [-0.1, -0.05) is 24.8 Å². The molecule has 0 unspecified atom stereocenters. The third-order valence-electron chi connectivity index (χ3n) is 1.85. The van der Waals surface area contributed by atoms with Crippen molar-refractivity contribution in [2.75, 3.05) is 6.61 Å². The molecule has 0 saturated heterocycles. The van der Waals surface area contributed by atoms with E-state index in [4.69, 9.17) is 14.9 Å². The van der Waals surface area contributed by atoms with Crippen molar-refractivity contribution in [1.29, 1.82) is 0 Å². The van der Waals surface area contributed by atoms with Gasteiger partial charge in [0.25, 0.3) is 0 Å². The first kappa shape index (κ1) is 11.3. The van der Waals surface area contributed by atoms with Gasteiger partial charge in [0.05, 0.1) is 12.2 Å². The minimum Gasteiger partial charge on any atom is -0.488 e. The summed E-state index contributed by atoms with van der Waals surface area (Å²) in [4.78, 5) is 10.4. The van der Waals surface area contributed by atoms with Gasteiger partial charge in [0.15, 0.2) is 0 Å². The molecule has 15 heavy (non-hydrogen) atoms. The molecule has 0 aliphatic carbocycles. The topological polar surface area (TPSA) is 66.8 Å². The highest BCUT2D eigenvalue weighted by Gasteiger charge is 2.06. The van der Waals surface area contributed by atoms with E-state index in [9.17, 15) is 4.79 Å². The van der Waals surface area contributed by atoms with Crippen LogP contribution in [0.1, 0.15) is 5.56 Å². The quantitative estimate of drug-likeness (QED) is 0.713. The molecule has 1 aromatic rings. The fraction of sp³-hybridized carbons (Fsp3) is 0.182. The van der Waals surface area contributed by atoms with E-state index in [1.54, 1.807) is 24.3 Å². The lowest BCUT2D eigenvalue weighted by Crippen LogP contribution is -2.09. The maximum atomic E-state index is 10.4. The van der Waals surface area contributed by atoms with Crippen molar-refractivity contribution in [1.82, 2.24) is 0 Å². The molecule has 0 saturated carbocycles. The molecule has 0 amide bonds. The van der Waals surface area contributed by atoms with Crippen LogP contribution in [0, 0.1) is 0 Å². The number of para-hydroxylation sites is 1. The molecular weight excluding hydrogens is 196 g/mol. The molecule has 4 nitrogen and oxygen atoms in total. The Hall–Kier alpha value is -1.81. The van der Waals surface area contributed by atoms with Gasteiger partial charge in [0.1, 0.15) is 12.4 Å². The smallest absolute Gasteiger partial charge is 0.334 e. The molecule has 0 radical (unpaired) electrons. The third-order valence-corrected chi connectivity index (χ3v) is 1.85. The summed E-state index contributed by atoms with van der Waals surface area (Å²) in [6.45, 7) is 3.10. The van der Waals surface area contributed by atoms with Crippen LogP contribution in [-0.4, -0.2) is 22.8 Å². The second kappa shape index (κ2) is 5.17. The highest BCUT2D eigenvalue weighted by molar-refractivity contribution is 5.86. The fourth-order valence-electron chi connectivity index (χ4n) is 1.00. The third kappa shape index (κ3) is 3.11. The van der Waals surface area contributed by atoms with Gasteiger partial charge >= 0.3 is 5.97 Å². The molecule has 0 atom stereocenters. The molecule has 0 aliphatic rings. The average molecular weight is 208 g/mol. The first-order valence-corrected chi connectivity index (χ1v) is 4.37. The Labute approximate surface area is 87.4 Å². The Morgan fingerprint density at radius 3 is 2.67 bits per heavy atom. The molecule has 4 heteroatoms. The van der Waals surface area contributed by atoms with Crippen molar-refractivity contribution in [2.24, 2.45) is 0 Å². The Balaban J connectivity index is 2.65. The summed E-state index contributed by atoms with van der Waals surface area (Å²) in [5.41, 5.74) is 0.596. The summed E-state index contributed by atoms with van der Waals surface area (Å²) >= 11 is 0. The number of aliphatic hydroxyl groups excluding tert-OH is 1. The van der Waals surface area contributed by atoms with E-state index in [0.717, 1.165) is 0 Å². The van der Waals surface area contributed by atoms with Gasteiger partial charge in [-0.2, -0.15) is 0 Å². The van der Waals surface area contributed by atoms with Gasteiger partial charge in [0, 0.05) is 5.56 Å². The number of carboxylic acid groups (broad SMARTS) is 1. The minimum atomic E-state index is -1.09. The van der Waals surface area contributed by atoms with E-state index in [1.807, 2.05) is 0 Å². The maximum absolute atomic E-state index is 10.4. The average Bonchev–Trinajstić information content (AvgIpc) is 2.26. The number of carboxylic acids is 1. The summed E-state index contributed by atoms with van der Waals surface area (Å²) in [5.74, 6) is -0.612. The number of hydrogen-bond acceptors (Lipinski definition) is 3. The number of aliphatic hydroxyl groups is 1. The van der Waals surface area contributed by atoms with Crippen molar-refractivity contribution < 1.29 is 19.7 Å². The van der Waals surface area contributed by atoms with Gasteiger partial charge in [-0.15, -0.1) is 0 Å². The number of benzene rings is 1. The lowest BCUT2D eigenvalue weighted by atomic mass is 10.2. The Bertz CT molecular complexity index is 371. The normalized spacial score (nSPS) is 9.67. The number of aliphatic carboxylic acids is 1. The van der Waals surface area contributed by atoms with Gasteiger partial charge < -0.3 is 14.9 Å². The van der Waals surface area contributed by atoms with E-state index in [-0.39, 0.29) is 18.8 Å². The summed E-state index contributed by atoms with van der Waals surface area (Å²) in [5, 5.41) is 17.5. The van der Waals surface area contributed by atoms with Gasteiger partial charge in [-0.25, -0.2) is 4.79 Å². The highest BCUT2D eigenvalue weighted by atomic mass is 16.5.